The average Bonchev–Trinajstić information content (AvgIpc) is 2.71. The number of benzene rings is 1. The Balaban J connectivity index is 1.99. The van der Waals surface area contributed by atoms with Crippen LogP contribution in [0.3, 0.4) is 0 Å². The Kier molecular flexibility index (Phi) is 4.11. The summed E-state index contributed by atoms with van der Waals surface area (Å²) in [6, 6.07) is 9.14. The lowest BCUT2D eigenvalue weighted by atomic mass is 9.81. The molecule has 1 heteroatoms. The molecule has 0 saturated carbocycles. The van der Waals surface area contributed by atoms with Gasteiger partial charge in [0.1, 0.15) is 0 Å². The van der Waals surface area contributed by atoms with Crippen molar-refractivity contribution >= 4 is 0 Å². The zero-order chi connectivity index (χ0) is 13.2. The third-order valence-electron chi connectivity index (χ3n) is 4.32. The van der Waals surface area contributed by atoms with Crippen LogP contribution in [0.4, 0.5) is 0 Å². The first kappa shape index (κ1) is 13.6. The van der Waals surface area contributed by atoms with Crippen LogP contribution in [-0.2, 0) is 5.41 Å². The molecule has 100 valence electrons. The molecule has 0 aromatic heterocycles. The second kappa shape index (κ2) is 5.44. The van der Waals surface area contributed by atoms with Gasteiger partial charge in [0.05, 0.1) is 0 Å². The number of aryl methyl sites for hydroxylation is 1. The van der Waals surface area contributed by atoms with Gasteiger partial charge in [0.2, 0.25) is 0 Å². The largest absolute Gasteiger partial charge is 0.302 e. The fourth-order valence-corrected chi connectivity index (χ4v) is 2.88. The van der Waals surface area contributed by atoms with E-state index in [1.165, 1.54) is 43.6 Å². The Morgan fingerprint density at radius 1 is 1.22 bits per heavy atom. The number of hydrogen-bond acceptors (Lipinski definition) is 1. The highest BCUT2D eigenvalue weighted by Crippen LogP contribution is 2.34. The quantitative estimate of drug-likeness (QED) is 0.775. The minimum Gasteiger partial charge on any atom is -0.302 e. The molecule has 1 atom stereocenters. The summed E-state index contributed by atoms with van der Waals surface area (Å²) in [6.45, 7) is 13.0. The van der Waals surface area contributed by atoms with E-state index in [9.17, 15) is 0 Å². The molecule has 1 unspecified atom stereocenters. The van der Waals surface area contributed by atoms with Crippen LogP contribution < -0.4 is 0 Å². The smallest absolute Gasteiger partial charge is 0.00764 e. The SMILES string of the molecule is Cc1ccc(C2(C)CCN(CCC(C)C)C2)cc1. The topological polar surface area (TPSA) is 3.24 Å². The third-order valence-corrected chi connectivity index (χ3v) is 4.32. The predicted molar refractivity (Wildman–Crippen MR) is 79.0 cm³/mol. The monoisotopic (exact) mass is 245 g/mol. The zero-order valence-corrected chi connectivity index (χ0v) is 12.4. The van der Waals surface area contributed by atoms with Crippen molar-refractivity contribution in [2.75, 3.05) is 19.6 Å². The minimum atomic E-state index is 0.366. The minimum absolute atomic E-state index is 0.366. The van der Waals surface area contributed by atoms with E-state index >= 15 is 0 Å². The first-order valence-corrected chi connectivity index (χ1v) is 7.29. The third kappa shape index (κ3) is 3.14. The molecule has 1 saturated heterocycles. The van der Waals surface area contributed by atoms with Crippen LogP contribution in [0, 0.1) is 12.8 Å². The molecule has 0 radical (unpaired) electrons. The maximum atomic E-state index is 2.64. The summed E-state index contributed by atoms with van der Waals surface area (Å²) in [7, 11) is 0. The van der Waals surface area contributed by atoms with Crippen LogP contribution in [-0.4, -0.2) is 24.5 Å². The maximum Gasteiger partial charge on any atom is 0.00764 e. The summed E-state index contributed by atoms with van der Waals surface area (Å²) >= 11 is 0. The van der Waals surface area contributed by atoms with Crippen molar-refractivity contribution in [3.05, 3.63) is 35.4 Å². The van der Waals surface area contributed by atoms with Crippen LogP contribution in [0.5, 0.6) is 0 Å². The molecular formula is C17H27N. The standard InChI is InChI=1S/C17H27N/c1-14(2)9-11-18-12-10-17(4,13-18)16-7-5-15(3)6-8-16/h5-8,14H,9-13H2,1-4H3. The molecular weight excluding hydrogens is 218 g/mol. The predicted octanol–water partition coefficient (Wildman–Crippen LogP) is 4.00. The molecule has 1 nitrogen and oxygen atoms in total. The summed E-state index contributed by atoms with van der Waals surface area (Å²) in [4.78, 5) is 2.64. The van der Waals surface area contributed by atoms with E-state index in [4.69, 9.17) is 0 Å². The Morgan fingerprint density at radius 2 is 1.89 bits per heavy atom. The highest BCUT2D eigenvalue weighted by molar-refractivity contribution is 5.29. The molecule has 2 rings (SSSR count). The first-order valence-electron chi connectivity index (χ1n) is 7.29. The molecule has 1 aliphatic heterocycles. The van der Waals surface area contributed by atoms with Crippen LogP contribution in [0.25, 0.3) is 0 Å². The first-order chi connectivity index (χ1) is 8.49. The lowest BCUT2D eigenvalue weighted by Crippen LogP contribution is -2.29. The molecule has 0 amide bonds. The number of likely N-dealkylation sites (tertiary alicyclic amines) is 1. The zero-order valence-electron chi connectivity index (χ0n) is 12.4. The summed E-state index contributed by atoms with van der Waals surface area (Å²) < 4.78 is 0. The van der Waals surface area contributed by atoms with Gasteiger partial charge in [0, 0.05) is 12.0 Å². The van der Waals surface area contributed by atoms with E-state index in [2.05, 4.69) is 56.9 Å². The fourth-order valence-electron chi connectivity index (χ4n) is 2.88. The van der Waals surface area contributed by atoms with E-state index in [-0.39, 0.29) is 0 Å². The normalized spacial score (nSPS) is 24.9. The van der Waals surface area contributed by atoms with Gasteiger partial charge in [-0.25, -0.2) is 0 Å². The summed E-state index contributed by atoms with van der Waals surface area (Å²) in [5.41, 5.74) is 3.24. The van der Waals surface area contributed by atoms with E-state index in [0.29, 0.717) is 5.41 Å². The van der Waals surface area contributed by atoms with E-state index in [1.807, 2.05) is 0 Å². The Morgan fingerprint density at radius 3 is 2.50 bits per heavy atom. The molecule has 0 bridgehead atoms. The van der Waals surface area contributed by atoms with E-state index < -0.39 is 0 Å². The molecule has 0 spiro atoms. The van der Waals surface area contributed by atoms with E-state index in [1.54, 1.807) is 0 Å². The Bertz CT molecular complexity index is 379. The molecule has 1 fully saturated rings. The molecule has 0 N–H and O–H groups in total. The van der Waals surface area contributed by atoms with Gasteiger partial charge in [-0.3, -0.25) is 0 Å². The van der Waals surface area contributed by atoms with Gasteiger partial charge in [-0.2, -0.15) is 0 Å². The van der Waals surface area contributed by atoms with Gasteiger partial charge in [-0.1, -0.05) is 50.6 Å². The lowest BCUT2D eigenvalue weighted by Gasteiger charge is -2.26. The van der Waals surface area contributed by atoms with Crippen molar-refractivity contribution in [1.29, 1.82) is 0 Å². The molecule has 1 aromatic rings. The van der Waals surface area contributed by atoms with Crippen molar-refractivity contribution in [1.82, 2.24) is 4.90 Å². The maximum absolute atomic E-state index is 2.64. The van der Waals surface area contributed by atoms with E-state index in [0.717, 1.165) is 5.92 Å². The average molecular weight is 245 g/mol. The highest BCUT2D eigenvalue weighted by Gasteiger charge is 2.34. The van der Waals surface area contributed by atoms with Gasteiger partial charge in [-0.15, -0.1) is 0 Å². The summed E-state index contributed by atoms with van der Waals surface area (Å²) in [5, 5.41) is 0. The van der Waals surface area contributed by atoms with Gasteiger partial charge >= 0.3 is 0 Å². The Labute approximate surface area is 112 Å². The highest BCUT2D eigenvalue weighted by atomic mass is 15.2. The molecule has 1 aromatic carbocycles. The van der Waals surface area contributed by atoms with Crippen molar-refractivity contribution < 1.29 is 0 Å². The van der Waals surface area contributed by atoms with Gasteiger partial charge in [0.25, 0.3) is 0 Å². The van der Waals surface area contributed by atoms with Gasteiger partial charge in [-0.05, 0) is 44.3 Å². The van der Waals surface area contributed by atoms with Crippen molar-refractivity contribution in [3.63, 3.8) is 0 Å². The van der Waals surface area contributed by atoms with Crippen molar-refractivity contribution in [2.45, 2.75) is 46.0 Å². The van der Waals surface area contributed by atoms with Crippen LogP contribution in [0.15, 0.2) is 24.3 Å². The lowest BCUT2D eigenvalue weighted by molar-refractivity contribution is 0.296. The molecule has 1 heterocycles. The van der Waals surface area contributed by atoms with Gasteiger partial charge in [0.15, 0.2) is 0 Å². The van der Waals surface area contributed by atoms with Crippen LogP contribution in [0.1, 0.15) is 44.7 Å². The Hall–Kier alpha value is -0.820. The number of hydrogen-bond donors (Lipinski definition) is 0. The second-order valence-corrected chi connectivity index (χ2v) is 6.64. The number of rotatable bonds is 4. The van der Waals surface area contributed by atoms with Gasteiger partial charge < -0.3 is 4.90 Å². The van der Waals surface area contributed by atoms with Crippen LogP contribution >= 0.6 is 0 Å². The molecule has 1 aliphatic rings. The molecule has 0 aliphatic carbocycles. The van der Waals surface area contributed by atoms with Crippen LogP contribution in [0.2, 0.25) is 0 Å². The van der Waals surface area contributed by atoms with Crippen molar-refractivity contribution in [2.24, 2.45) is 5.92 Å². The van der Waals surface area contributed by atoms with Crippen molar-refractivity contribution in [3.8, 4) is 0 Å². The summed E-state index contributed by atoms with van der Waals surface area (Å²) in [6.07, 6.45) is 2.62. The second-order valence-electron chi connectivity index (χ2n) is 6.64. The number of nitrogens with zero attached hydrogens (tertiary/aromatic N) is 1. The molecule has 18 heavy (non-hydrogen) atoms. The summed E-state index contributed by atoms with van der Waals surface area (Å²) in [5.74, 6) is 0.816. The fraction of sp³-hybridized carbons (Fsp3) is 0.647.